The molecule has 0 aromatic heterocycles. The van der Waals surface area contributed by atoms with Gasteiger partial charge < -0.3 is 11.5 Å². The molecule has 0 bridgehead atoms. The Labute approximate surface area is 224 Å². The molecule has 1 fully saturated rings. The lowest BCUT2D eigenvalue weighted by Gasteiger charge is -2.30. The molecule has 0 aliphatic carbocycles. The van der Waals surface area contributed by atoms with E-state index in [1.165, 1.54) is 18.4 Å². The third-order valence-electron chi connectivity index (χ3n) is 7.33. The van der Waals surface area contributed by atoms with Crippen LogP contribution in [-0.2, 0) is 22.6 Å². The molecule has 1 heterocycles. The van der Waals surface area contributed by atoms with Gasteiger partial charge in [0.25, 0.3) is 5.91 Å². The number of piperidine rings is 1. The Kier molecular flexibility index (Phi) is 8.87. The Morgan fingerprint density at radius 3 is 2.18 bits per heavy atom. The predicted octanol–water partition coefficient (Wildman–Crippen LogP) is 4.57. The first-order valence-corrected chi connectivity index (χ1v) is 13.1. The van der Waals surface area contributed by atoms with E-state index >= 15 is 0 Å². The molecule has 3 aromatic carbocycles. The highest BCUT2D eigenvalue weighted by Crippen LogP contribution is 2.29. The normalized spacial score (nSPS) is 15.4. The van der Waals surface area contributed by atoms with Gasteiger partial charge in [-0.05, 0) is 72.2 Å². The third-order valence-corrected chi connectivity index (χ3v) is 7.33. The fourth-order valence-corrected chi connectivity index (χ4v) is 5.05. The summed E-state index contributed by atoms with van der Waals surface area (Å²) in [4.78, 5) is 39.7. The number of hydrogen-bond donors (Lipinski definition) is 2. The summed E-state index contributed by atoms with van der Waals surface area (Å²) in [7, 11) is 0. The number of primary amides is 2. The minimum absolute atomic E-state index is 0.273. The third kappa shape index (κ3) is 6.84. The number of hydrogen-bond acceptors (Lipinski definition) is 4. The standard InChI is InChI=1S/C32H35N3O3/c1-22-16-18-35(19-17-22)21-25-12-10-23(11-13-25)14-15-27-26(8-5-9-28(27)31(33)37)29(30(36)32(34)38)20-24-6-3-2-4-7-24/h2-15,22,29H,16-21H2,1H3,(H2,33,37)(H2,34,38). The van der Waals surface area contributed by atoms with Crippen LogP contribution in [-0.4, -0.2) is 35.6 Å². The first kappa shape index (κ1) is 27.0. The van der Waals surface area contributed by atoms with Gasteiger partial charge in [0.15, 0.2) is 0 Å². The topological polar surface area (TPSA) is 106 Å². The van der Waals surface area contributed by atoms with Crippen molar-refractivity contribution in [3.63, 3.8) is 0 Å². The van der Waals surface area contributed by atoms with E-state index in [0.29, 0.717) is 11.1 Å². The van der Waals surface area contributed by atoms with Crippen LogP contribution in [0.5, 0.6) is 0 Å². The first-order valence-electron chi connectivity index (χ1n) is 13.1. The molecule has 1 aliphatic heterocycles. The van der Waals surface area contributed by atoms with Crippen LogP contribution in [0.3, 0.4) is 0 Å². The van der Waals surface area contributed by atoms with E-state index in [1.807, 2.05) is 48.5 Å². The predicted molar refractivity (Wildman–Crippen MR) is 151 cm³/mol. The number of carbonyl (C=O) groups excluding carboxylic acids is 3. The van der Waals surface area contributed by atoms with Crippen molar-refractivity contribution in [2.75, 3.05) is 13.1 Å². The highest BCUT2D eigenvalue weighted by Gasteiger charge is 2.28. The van der Waals surface area contributed by atoms with Gasteiger partial charge >= 0.3 is 0 Å². The summed E-state index contributed by atoms with van der Waals surface area (Å²) in [5.41, 5.74) is 15.6. The Morgan fingerprint density at radius 2 is 1.55 bits per heavy atom. The molecular weight excluding hydrogens is 474 g/mol. The van der Waals surface area contributed by atoms with Gasteiger partial charge in [0.2, 0.25) is 11.7 Å². The first-order chi connectivity index (χ1) is 18.3. The number of carbonyl (C=O) groups is 3. The van der Waals surface area contributed by atoms with E-state index in [0.717, 1.165) is 36.7 Å². The Hall–Kier alpha value is -4.03. The van der Waals surface area contributed by atoms with E-state index in [-0.39, 0.29) is 12.0 Å². The molecule has 1 unspecified atom stereocenters. The van der Waals surface area contributed by atoms with E-state index in [4.69, 9.17) is 11.5 Å². The summed E-state index contributed by atoms with van der Waals surface area (Å²) >= 11 is 0. The minimum atomic E-state index is -1.01. The smallest absolute Gasteiger partial charge is 0.285 e. The van der Waals surface area contributed by atoms with Crippen molar-refractivity contribution in [3.05, 3.63) is 106 Å². The molecule has 3 aromatic rings. The van der Waals surface area contributed by atoms with Gasteiger partial charge in [-0.1, -0.05) is 85.8 Å². The van der Waals surface area contributed by atoms with Crippen molar-refractivity contribution in [2.45, 2.75) is 38.6 Å². The largest absolute Gasteiger partial charge is 0.366 e. The lowest BCUT2D eigenvalue weighted by molar-refractivity contribution is -0.136. The number of ketones is 1. The zero-order valence-corrected chi connectivity index (χ0v) is 21.8. The molecule has 1 atom stereocenters. The van der Waals surface area contributed by atoms with E-state index < -0.39 is 23.5 Å². The molecule has 0 spiro atoms. The molecule has 1 aliphatic rings. The Bertz CT molecular complexity index is 1310. The van der Waals surface area contributed by atoms with Crippen molar-refractivity contribution < 1.29 is 14.4 Å². The molecule has 4 rings (SSSR count). The average Bonchev–Trinajstić information content (AvgIpc) is 2.92. The van der Waals surface area contributed by atoms with Gasteiger partial charge in [-0.3, -0.25) is 19.3 Å². The van der Waals surface area contributed by atoms with Crippen LogP contribution in [0.25, 0.3) is 12.2 Å². The molecular formula is C32H35N3O3. The van der Waals surface area contributed by atoms with Crippen LogP contribution in [0.4, 0.5) is 0 Å². The number of rotatable bonds is 10. The van der Waals surface area contributed by atoms with Crippen molar-refractivity contribution in [1.82, 2.24) is 4.90 Å². The zero-order valence-electron chi connectivity index (χ0n) is 21.8. The summed E-state index contributed by atoms with van der Waals surface area (Å²) in [6.45, 7) is 5.50. The highest BCUT2D eigenvalue weighted by atomic mass is 16.2. The number of nitrogens with zero attached hydrogens (tertiary/aromatic N) is 1. The number of amides is 2. The second-order valence-corrected chi connectivity index (χ2v) is 10.2. The SMILES string of the molecule is CC1CCN(Cc2ccc(C=Cc3c(C(N)=O)cccc3C(Cc3ccccc3)C(=O)C(N)=O)cc2)CC1. The van der Waals surface area contributed by atoms with Crippen LogP contribution in [0, 0.1) is 5.92 Å². The monoisotopic (exact) mass is 509 g/mol. The fraction of sp³-hybridized carbons (Fsp3) is 0.281. The summed E-state index contributed by atoms with van der Waals surface area (Å²) in [5.74, 6) is -2.37. The molecule has 4 N–H and O–H groups in total. The van der Waals surface area contributed by atoms with Gasteiger partial charge in [-0.2, -0.15) is 0 Å². The lowest BCUT2D eigenvalue weighted by atomic mass is 9.83. The highest BCUT2D eigenvalue weighted by molar-refractivity contribution is 6.37. The van der Waals surface area contributed by atoms with Gasteiger partial charge in [-0.25, -0.2) is 0 Å². The molecule has 38 heavy (non-hydrogen) atoms. The molecule has 2 amide bonds. The molecule has 196 valence electrons. The molecule has 0 radical (unpaired) electrons. The van der Waals surface area contributed by atoms with Crippen molar-refractivity contribution in [1.29, 1.82) is 0 Å². The van der Waals surface area contributed by atoms with Crippen LogP contribution >= 0.6 is 0 Å². The summed E-state index contributed by atoms with van der Waals surface area (Å²) in [6.07, 6.45) is 6.45. The molecule has 6 nitrogen and oxygen atoms in total. The van der Waals surface area contributed by atoms with Crippen molar-refractivity contribution in [3.8, 4) is 0 Å². The maximum absolute atomic E-state index is 13.0. The maximum Gasteiger partial charge on any atom is 0.285 e. The average molecular weight is 510 g/mol. The number of benzene rings is 3. The van der Waals surface area contributed by atoms with Crippen LogP contribution in [0.2, 0.25) is 0 Å². The van der Waals surface area contributed by atoms with Gasteiger partial charge in [-0.15, -0.1) is 0 Å². The Morgan fingerprint density at radius 1 is 0.868 bits per heavy atom. The van der Waals surface area contributed by atoms with Crippen LogP contribution in [0.15, 0.2) is 72.8 Å². The summed E-state index contributed by atoms with van der Waals surface area (Å²) < 4.78 is 0. The summed E-state index contributed by atoms with van der Waals surface area (Å²) in [5, 5.41) is 0. The number of Topliss-reactive ketones (excluding diaryl/α,β-unsaturated/α-hetero) is 1. The second kappa shape index (κ2) is 12.5. The van der Waals surface area contributed by atoms with E-state index in [2.05, 4.69) is 24.0 Å². The molecule has 1 saturated heterocycles. The van der Waals surface area contributed by atoms with E-state index in [1.54, 1.807) is 24.3 Å². The second-order valence-electron chi connectivity index (χ2n) is 10.2. The van der Waals surface area contributed by atoms with Gasteiger partial charge in [0, 0.05) is 12.1 Å². The maximum atomic E-state index is 13.0. The molecule has 6 heteroatoms. The van der Waals surface area contributed by atoms with Crippen molar-refractivity contribution in [2.24, 2.45) is 17.4 Å². The molecule has 0 saturated carbocycles. The van der Waals surface area contributed by atoms with Gasteiger partial charge in [0.05, 0.1) is 5.92 Å². The van der Waals surface area contributed by atoms with Crippen LogP contribution < -0.4 is 11.5 Å². The number of nitrogens with two attached hydrogens (primary N) is 2. The summed E-state index contributed by atoms with van der Waals surface area (Å²) in [6, 6.07) is 22.8. The van der Waals surface area contributed by atoms with Crippen LogP contribution in [0.1, 0.15) is 63.9 Å². The zero-order chi connectivity index (χ0) is 27.1. The lowest BCUT2D eigenvalue weighted by Crippen LogP contribution is -2.32. The van der Waals surface area contributed by atoms with Crippen molar-refractivity contribution >= 4 is 29.7 Å². The van der Waals surface area contributed by atoms with E-state index in [9.17, 15) is 14.4 Å². The Balaban J connectivity index is 1.62. The quantitative estimate of drug-likeness (QED) is 0.308. The fourth-order valence-electron chi connectivity index (χ4n) is 5.05. The number of likely N-dealkylation sites (tertiary alicyclic amines) is 1. The minimum Gasteiger partial charge on any atom is -0.366 e. The van der Waals surface area contributed by atoms with Gasteiger partial charge in [0.1, 0.15) is 0 Å².